The molecule has 116 valence electrons. The highest BCUT2D eigenvalue weighted by Crippen LogP contribution is 2.23. The van der Waals surface area contributed by atoms with Crippen LogP contribution in [0.25, 0.3) is 0 Å². The molecule has 0 spiro atoms. The predicted octanol–water partition coefficient (Wildman–Crippen LogP) is 2.56. The van der Waals surface area contributed by atoms with Crippen molar-refractivity contribution in [3.05, 3.63) is 29.8 Å². The van der Waals surface area contributed by atoms with Gasteiger partial charge in [0, 0.05) is 18.5 Å². The average Bonchev–Trinajstić information content (AvgIpc) is 2.73. The zero-order valence-corrected chi connectivity index (χ0v) is 12.9. The molecule has 1 aromatic carbocycles. The van der Waals surface area contributed by atoms with E-state index in [1.807, 2.05) is 29.2 Å². The Morgan fingerprint density at radius 1 is 1.38 bits per heavy atom. The second-order valence-electron chi connectivity index (χ2n) is 5.66. The maximum Gasteiger partial charge on any atom is 0.222 e. The number of ether oxygens (including phenoxy) is 1. The molecular formula is C17H26N2O2. The van der Waals surface area contributed by atoms with E-state index in [0.29, 0.717) is 38.6 Å². The topological polar surface area (TPSA) is 55.6 Å². The van der Waals surface area contributed by atoms with Crippen LogP contribution in [0.15, 0.2) is 24.3 Å². The second-order valence-corrected chi connectivity index (χ2v) is 5.66. The number of benzene rings is 1. The van der Waals surface area contributed by atoms with Crippen LogP contribution >= 0.6 is 0 Å². The van der Waals surface area contributed by atoms with Crippen LogP contribution in [0.4, 0.5) is 0 Å². The summed E-state index contributed by atoms with van der Waals surface area (Å²) < 4.78 is 5.70. The standard InChI is InChI=1S/C17H26N2O2/c1-2-14(9-10-18)7-8-17(20)19-11-12-21-16-6-4-3-5-15(16)13-19/h3-6,14H,2,7-13,18H2,1H3. The Hall–Kier alpha value is -1.55. The van der Waals surface area contributed by atoms with Crippen molar-refractivity contribution in [3.63, 3.8) is 0 Å². The van der Waals surface area contributed by atoms with Gasteiger partial charge in [-0.3, -0.25) is 4.79 Å². The van der Waals surface area contributed by atoms with Gasteiger partial charge in [-0.25, -0.2) is 0 Å². The molecular weight excluding hydrogens is 264 g/mol. The van der Waals surface area contributed by atoms with Gasteiger partial charge in [0.05, 0.1) is 6.54 Å². The maximum atomic E-state index is 12.4. The van der Waals surface area contributed by atoms with Gasteiger partial charge in [0.15, 0.2) is 0 Å². The third kappa shape index (κ3) is 4.46. The summed E-state index contributed by atoms with van der Waals surface area (Å²) in [4.78, 5) is 14.3. The number of carbonyl (C=O) groups excluding carboxylic acids is 1. The lowest BCUT2D eigenvalue weighted by molar-refractivity contribution is -0.132. The van der Waals surface area contributed by atoms with Crippen molar-refractivity contribution in [1.29, 1.82) is 0 Å². The Bertz CT molecular complexity index is 462. The largest absolute Gasteiger partial charge is 0.491 e. The number of hydrogen-bond acceptors (Lipinski definition) is 3. The van der Waals surface area contributed by atoms with E-state index in [-0.39, 0.29) is 5.91 Å². The highest BCUT2D eigenvalue weighted by Gasteiger charge is 2.20. The monoisotopic (exact) mass is 290 g/mol. The minimum atomic E-state index is 0.228. The van der Waals surface area contributed by atoms with Crippen molar-refractivity contribution < 1.29 is 9.53 Å². The van der Waals surface area contributed by atoms with E-state index in [9.17, 15) is 4.79 Å². The Balaban J connectivity index is 1.91. The predicted molar refractivity (Wildman–Crippen MR) is 84.0 cm³/mol. The first kappa shape index (κ1) is 15.8. The van der Waals surface area contributed by atoms with Crippen LogP contribution < -0.4 is 10.5 Å². The fourth-order valence-electron chi connectivity index (χ4n) is 2.81. The molecule has 1 heterocycles. The molecule has 0 fully saturated rings. The van der Waals surface area contributed by atoms with Gasteiger partial charge in [-0.2, -0.15) is 0 Å². The minimum absolute atomic E-state index is 0.228. The van der Waals surface area contributed by atoms with Crippen LogP contribution in [-0.2, 0) is 11.3 Å². The zero-order valence-electron chi connectivity index (χ0n) is 12.9. The molecule has 1 unspecified atom stereocenters. The van der Waals surface area contributed by atoms with Crippen LogP contribution in [-0.4, -0.2) is 30.5 Å². The van der Waals surface area contributed by atoms with Gasteiger partial charge in [0.1, 0.15) is 12.4 Å². The number of nitrogens with two attached hydrogens (primary N) is 1. The first-order chi connectivity index (χ1) is 10.2. The molecule has 0 radical (unpaired) electrons. The average molecular weight is 290 g/mol. The van der Waals surface area contributed by atoms with Crippen LogP contribution in [0, 0.1) is 5.92 Å². The van der Waals surface area contributed by atoms with Crippen molar-refractivity contribution in [2.24, 2.45) is 11.7 Å². The normalized spacial score (nSPS) is 15.8. The lowest BCUT2D eigenvalue weighted by Gasteiger charge is -2.21. The van der Waals surface area contributed by atoms with E-state index in [1.165, 1.54) is 0 Å². The first-order valence-electron chi connectivity index (χ1n) is 7.93. The van der Waals surface area contributed by atoms with E-state index in [0.717, 1.165) is 30.6 Å². The number of amides is 1. The Kier molecular flexibility index (Phi) is 6.05. The van der Waals surface area contributed by atoms with Crippen molar-refractivity contribution in [2.75, 3.05) is 19.7 Å². The van der Waals surface area contributed by atoms with Crippen LogP contribution in [0.5, 0.6) is 5.75 Å². The highest BCUT2D eigenvalue weighted by molar-refractivity contribution is 5.76. The fraction of sp³-hybridized carbons (Fsp3) is 0.588. The molecule has 1 aromatic rings. The number of fused-ring (bicyclic) bond motifs is 1. The SMILES string of the molecule is CCC(CCN)CCC(=O)N1CCOc2ccccc2C1. The molecule has 0 saturated carbocycles. The first-order valence-corrected chi connectivity index (χ1v) is 7.93. The van der Waals surface area contributed by atoms with E-state index in [1.54, 1.807) is 0 Å². The number of rotatable bonds is 6. The minimum Gasteiger partial charge on any atom is -0.491 e. The molecule has 1 aliphatic heterocycles. The summed E-state index contributed by atoms with van der Waals surface area (Å²) in [7, 11) is 0. The van der Waals surface area contributed by atoms with Crippen molar-refractivity contribution in [2.45, 2.75) is 39.2 Å². The van der Waals surface area contributed by atoms with Crippen LogP contribution in [0.2, 0.25) is 0 Å². The Morgan fingerprint density at radius 3 is 2.95 bits per heavy atom. The second kappa shape index (κ2) is 8.03. The summed E-state index contributed by atoms with van der Waals surface area (Å²) in [5.74, 6) is 1.70. The third-order valence-corrected chi connectivity index (χ3v) is 4.22. The van der Waals surface area contributed by atoms with E-state index < -0.39 is 0 Å². The number of hydrogen-bond donors (Lipinski definition) is 1. The van der Waals surface area contributed by atoms with Gasteiger partial charge in [-0.1, -0.05) is 31.5 Å². The zero-order chi connectivity index (χ0) is 15.1. The van der Waals surface area contributed by atoms with Gasteiger partial charge in [0.25, 0.3) is 0 Å². The molecule has 2 N–H and O–H groups in total. The lowest BCUT2D eigenvalue weighted by Crippen LogP contribution is -2.32. The van der Waals surface area contributed by atoms with Gasteiger partial charge in [-0.15, -0.1) is 0 Å². The van der Waals surface area contributed by atoms with Gasteiger partial charge in [-0.05, 0) is 31.4 Å². The number of nitrogens with zero attached hydrogens (tertiary/aromatic N) is 1. The van der Waals surface area contributed by atoms with Crippen LogP contribution in [0.3, 0.4) is 0 Å². The summed E-state index contributed by atoms with van der Waals surface area (Å²) in [5, 5.41) is 0. The molecule has 21 heavy (non-hydrogen) atoms. The van der Waals surface area contributed by atoms with E-state index in [2.05, 4.69) is 6.92 Å². The number of para-hydroxylation sites is 1. The molecule has 0 bridgehead atoms. The van der Waals surface area contributed by atoms with E-state index >= 15 is 0 Å². The molecule has 1 atom stereocenters. The molecule has 0 aliphatic carbocycles. The summed E-state index contributed by atoms with van der Waals surface area (Å²) >= 11 is 0. The van der Waals surface area contributed by atoms with Crippen molar-refractivity contribution in [1.82, 2.24) is 4.90 Å². The fourth-order valence-corrected chi connectivity index (χ4v) is 2.81. The maximum absolute atomic E-state index is 12.4. The lowest BCUT2D eigenvalue weighted by atomic mass is 9.96. The Labute approximate surface area is 127 Å². The van der Waals surface area contributed by atoms with Crippen LogP contribution in [0.1, 0.15) is 38.2 Å². The van der Waals surface area contributed by atoms with Gasteiger partial charge in [0.2, 0.25) is 5.91 Å². The summed E-state index contributed by atoms with van der Waals surface area (Å²) in [6, 6.07) is 7.96. The van der Waals surface area contributed by atoms with Gasteiger partial charge >= 0.3 is 0 Å². The van der Waals surface area contributed by atoms with Crippen molar-refractivity contribution >= 4 is 5.91 Å². The van der Waals surface area contributed by atoms with Crippen molar-refractivity contribution in [3.8, 4) is 5.75 Å². The molecule has 4 heteroatoms. The quantitative estimate of drug-likeness (QED) is 0.876. The molecule has 0 saturated heterocycles. The summed E-state index contributed by atoms with van der Waals surface area (Å²) in [6.07, 6.45) is 3.65. The smallest absolute Gasteiger partial charge is 0.222 e. The third-order valence-electron chi connectivity index (χ3n) is 4.22. The summed E-state index contributed by atoms with van der Waals surface area (Å²) in [6.45, 7) is 4.77. The number of carbonyl (C=O) groups is 1. The Morgan fingerprint density at radius 2 is 2.19 bits per heavy atom. The molecule has 0 aromatic heterocycles. The molecule has 2 rings (SSSR count). The molecule has 1 aliphatic rings. The molecule has 4 nitrogen and oxygen atoms in total. The highest BCUT2D eigenvalue weighted by atomic mass is 16.5. The molecule has 1 amide bonds. The van der Waals surface area contributed by atoms with E-state index in [4.69, 9.17) is 10.5 Å². The van der Waals surface area contributed by atoms with Gasteiger partial charge < -0.3 is 15.4 Å². The summed E-state index contributed by atoms with van der Waals surface area (Å²) in [5.41, 5.74) is 6.71.